The number of hydrogen-bond acceptors (Lipinski definition) is 8. The number of amides is 3. The SMILES string of the molecule is CCOc1cc(CC(C(=O)NO)N2C(=O)c3ccc(OC)c(OC)c3C2=O)ccc1OC. The summed E-state index contributed by atoms with van der Waals surface area (Å²) in [6.07, 6.45) is -0.0681. The van der Waals surface area contributed by atoms with Crippen molar-refractivity contribution in [2.24, 2.45) is 0 Å². The molecule has 170 valence electrons. The normalized spacial score (nSPS) is 13.5. The van der Waals surface area contributed by atoms with Crippen LogP contribution in [0.2, 0.25) is 0 Å². The molecule has 0 spiro atoms. The Morgan fingerprint density at radius 3 is 2.28 bits per heavy atom. The average Bonchev–Trinajstić information content (AvgIpc) is 3.06. The lowest BCUT2D eigenvalue weighted by molar-refractivity contribution is -0.133. The van der Waals surface area contributed by atoms with Gasteiger partial charge in [-0.1, -0.05) is 6.07 Å². The Bertz CT molecular complexity index is 1050. The summed E-state index contributed by atoms with van der Waals surface area (Å²) in [5.74, 6) is -1.02. The Labute approximate surface area is 184 Å². The highest BCUT2D eigenvalue weighted by molar-refractivity contribution is 6.24. The molecule has 32 heavy (non-hydrogen) atoms. The van der Waals surface area contributed by atoms with Gasteiger partial charge in [-0.05, 0) is 36.8 Å². The molecule has 0 aliphatic carbocycles. The van der Waals surface area contributed by atoms with Crippen LogP contribution in [-0.4, -0.2) is 61.8 Å². The highest BCUT2D eigenvalue weighted by Crippen LogP contribution is 2.39. The summed E-state index contributed by atoms with van der Waals surface area (Å²) in [5.41, 5.74) is 2.21. The van der Waals surface area contributed by atoms with E-state index >= 15 is 0 Å². The molecule has 10 nitrogen and oxygen atoms in total. The first kappa shape index (κ1) is 22.9. The number of nitrogens with one attached hydrogen (secondary N) is 1. The van der Waals surface area contributed by atoms with Crippen LogP contribution in [0, 0.1) is 0 Å². The van der Waals surface area contributed by atoms with E-state index in [0.29, 0.717) is 23.7 Å². The zero-order valence-corrected chi connectivity index (χ0v) is 18.1. The number of carbonyl (C=O) groups excluding carboxylic acids is 3. The van der Waals surface area contributed by atoms with Crippen molar-refractivity contribution in [2.75, 3.05) is 27.9 Å². The van der Waals surface area contributed by atoms with E-state index in [0.717, 1.165) is 4.90 Å². The molecule has 1 atom stereocenters. The molecular formula is C22H24N2O8. The van der Waals surface area contributed by atoms with Gasteiger partial charge in [-0.25, -0.2) is 5.48 Å². The first-order valence-corrected chi connectivity index (χ1v) is 9.78. The number of hydrogen-bond donors (Lipinski definition) is 2. The van der Waals surface area contributed by atoms with Gasteiger partial charge in [-0.15, -0.1) is 0 Å². The maximum absolute atomic E-state index is 13.2. The first-order valence-electron chi connectivity index (χ1n) is 9.78. The van der Waals surface area contributed by atoms with Crippen molar-refractivity contribution in [3.8, 4) is 23.0 Å². The maximum atomic E-state index is 13.2. The fourth-order valence-electron chi connectivity index (χ4n) is 3.66. The van der Waals surface area contributed by atoms with E-state index in [-0.39, 0.29) is 29.0 Å². The molecule has 0 fully saturated rings. The fraction of sp³-hybridized carbons (Fsp3) is 0.318. The van der Waals surface area contributed by atoms with Gasteiger partial charge in [0.15, 0.2) is 23.0 Å². The van der Waals surface area contributed by atoms with Crippen molar-refractivity contribution in [2.45, 2.75) is 19.4 Å². The quantitative estimate of drug-likeness (QED) is 0.341. The summed E-state index contributed by atoms with van der Waals surface area (Å²) in [6, 6.07) is 6.61. The zero-order valence-electron chi connectivity index (χ0n) is 18.1. The Kier molecular flexibility index (Phi) is 6.84. The smallest absolute Gasteiger partial charge is 0.266 e. The van der Waals surface area contributed by atoms with Crippen LogP contribution in [0.3, 0.4) is 0 Å². The third-order valence-corrected chi connectivity index (χ3v) is 5.11. The third-order valence-electron chi connectivity index (χ3n) is 5.11. The van der Waals surface area contributed by atoms with Crippen LogP contribution in [0.1, 0.15) is 33.2 Å². The second kappa shape index (κ2) is 9.56. The lowest BCUT2D eigenvalue weighted by Crippen LogP contribution is -2.50. The van der Waals surface area contributed by atoms with Gasteiger partial charge in [-0.2, -0.15) is 0 Å². The van der Waals surface area contributed by atoms with Crippen LogP contribution in [0.4, 0.5) is 0 Å². The molecule has 1 aliphatic heterocycles. The molecule has 1 heterocycles. The second-order valence-electron chi connectivity index (χ2n) is 6.82. The number of carbonyl (C=O) groups is 3. The molecule has 0 saturated carbocycles. The van der Waals surface area contributed by atoms with Gasteiger partial charge >= 0.3 is 0 Å². The van der Waals surface area contributed by atoms with Crippen LogP contribution in [-0.2, 0) is 11.2 Å². The summed E-state index contributed by atoms with van der Waals surface area (Å²) in [4.78, 5) is 39.7. The lowest BCUT2D eigenvalue weighted by atomic mass is 10.0. The van der Waals surface area contributed by atoms with Crippen LogP contribution < -0.4 is 24.4 Å². The standard InChI is InChI=1S/C22H24N2O8/c1-5-32-17-11-12(6-8-15(17)29-2)10-14(20(25)23-28)24-21(26)13-7-9-16(30-3)19(31-4)18(13)22(24)27/h6-9,11,14,28H,5,10H2,1-4H3,(H,23,25). The monoisotopic (exact) mass is 444 g/mol. The van der Waals surface area contributed by atoms with Gasteiger partial charge in [-0.3, -0.25) is 24.5 Å². The third kappa shape index (κ3) is 3.92. The van der Waals surface area contributed by atoms with Crippen LogP contribution in [0.25, 0.3) is 0 Å². The minimum atomic E-state index is -1.33. The predicted molar refractivity (Wildman–Crippen MR) is 112 cm³/mol. The summed E-state index contributed by atoms with van der Waals surface area (Å²) >= 11 is 0. The molecular weight excluding hydrogens is 420 g/mol. The largest absolute Gasteiger partial charge is 0.493 e. The van der Waals surface area contributed by atoms with Crippen molar-refractivity contribution in [1.82, 2.24) is 10.4 Å². The van der Waals surface area contributed by atoms with Gasteiger partial charge in [0.05, 0.1) is 39.1 Å². The minimum absolute atomic E-state index is 0.00248. The van der Waals surface area contributed by atoms with Crippen molar-refractivity contribution in [1.29, 1.82) is 0 Å². The summed E-state index contributed by atoms with van der Waals surface area (Å²) < 4.78 is 21.3. The molecule has 10 heteroatoms. The maximum Gasteiger partial charge on any atom is 0.266 e. The molecule has 0 bridgehead atoms. The number of benzene rings is 2. The van der Waals surface area contributed by atoms with E-state index < -0.39 is 23.8 Å². The van der Waals surface area contributed by atoms with Crippen LogP contribution in [0.5, 0.6) is 23.0 Å². The van der Waals surface area contributed by atoms with Crippen molar-refractivity contribution in [3.63, 3.8) is 0 Å². The topological polar surface area (TPSA) is 124 Å². The molecule has 0 radical (unpaired) electrons. The van der Waals surface area contributed by atoms with Crippen molar-refractivity contribution < 1.29 is 38.5 Å². The first-order chi connectivity index (χ1) is 15.4. The van der Waals surface area contributed by atoms with E-state index in [1.165, 1.54) is 33.5 Å². The second-order valence-corrected chi connectivity index (χ2v) is 6.82. The van der Waals surface area contributed by atoms with Gasteiger partial charge in [0.2, 0.25) is 0 Å². The number of nitrogens with zero attached hydrogens (tertiary/aromatic N) is 1. The number of methoxy groups -OCH3 is 3. The lowest BCUT2D eigenvalue weighted by Gasteiger charge is -2.24. The van der Waals surface area contributed by atoms with E-state index in [4.69, 9.17) is 18.9 Å². The average molecular weight is 444 g/mol. The molecule has 1 aliphatic rings. The summed E-state index contributed by atoms with van der Waals surface area (Å²) in [6.45, 7) is 2.20. The molecule has 3 rings (SSSR count). The Balaban J connectivity index is 2.02. The molecule has 2 aromatic rings. The Morgan fingerprint density at radius 1 is 1.00 bits per heavy atom. The van der Waals surface area contributed by atoms with Crippen LogP contribution >= 0.6 is 0 Å². The molecule has 0 aromatic heterocycles. The summed E-state index contributed by atoms with van der Waals surface area (Å²) in [5, 5.41) is 9.30. The Morgan fingerprint density at radius 2 is 1.69 bits per heavy atom. The molecule has 1 unspecified atom stereocenters. The van der Waals surface area contributed by atoms with Gasteiger partial charge in [0.25, 0.3) is 17.7 Å². The number of rotatable bonds is 9. The molecule has 2 aromatic carbocycles. The van der Waals surface area contributed by atoms with E-state index in [1.807, 2.05) is 6.92 Å². The molecule has 0 saturated heterocycles. The van der Waals surface area contributed by atoms with E-state index in [9.17, 15) is 19.6 Å². The Hall–Kier alpha value is -3.79. The number of hydroxylamine groups is 1. The van der Waals surface area contributed by atoms with E-state index in [1.54, 1.807) is 23.7 Å². The van der Waals surface area contributed by atoms with E-state index in [2.05, 4.69) is 0 Å². The minimum Gasteiger partial charge on any atom is -0.493 e. The zero-order chi connectivity index (χ0) is 23.4. The van der Waals surface area contributed by atoms with Gasteiger partial charge in [0.1, 0.15) is 6.04 Å². The molecule has 3 amide bonds. The molecule has 2 N–H and O–H groups in total. The number of fused-ring (bicyclic) bond motifs is 1. The number of ether oxygens (including phenoxy) is 4. The van der Waals surface area contributed by atoms with Crippen molar-refractivity contribution in [3.05, 3.63) is 47.0 Å². The van der Waals surface area contributed by atoms with Crippen molar-refractivity contribution >= 4 is 17.7 Å². The van der Waals surface area contributed by atoms with Crippen LogP contribution in [0.15, 0.2) is 30.3 Å². The van der Waals surface area contributed by atoms with Gasteiger partial charge in [0, 0.05) is 6.42 Å². The predicted octanol–water partition coefficient (Wildman–Crippen LogP) is 1.82. The summed E-state index contributed by atoms with van der Waals surface area (Å²) in [7, 11) is 4.26. The van der Waals surface area contributed by atoms with Gasteiger partial charge < -0.3 is 18.9 Å². The fourth-order valence-corrected chi connectivity index (χ4v) is 3.66. The number of imide groups is 1. The highest BCUT2D eigenvalue weighted by Gasteiger charge is 2.45. The highest BCUT2D eigenvalue weighted by atomic mass is 16.5.